The topological polar surface area (TPSA) is 54.0 Å². The van der Waals surface area contributed by atoms with Crippen LogP contribution in [0.2, 0.25) is 78.6 Å². The van der Waals surface area contributed by atoms with Crippen molar-refractivity contribution in [1.82, 2.24) is 0 Å². The highest BCUT2D eigenvalue weighted by atomic mass is 28.4. The second-order valence-corrected chi connectivity index (χ2v) is 30.6. The lowest BCUT2D eigenvalue weighted by Crippen LogP contribution is -2.32. The molecule has 0 saturated heterocycles. The van der Waals surface area contributed by atoms with E-state index in [1.54, 1.807) is 6.08 Å². The molecule has 0 bridgehead atoms. The molecule has 2 aromatic rings. The smallest absolute Gasteiger partial charge is 0.242 e. The molecule has 0 fully saturated rings. The predicted molar refractivity (Wildman–Crippen MR) is 162 cm³/mol. The van der Waals surface area contributed by atoms with Gasteiger partial charge in [-0.25, -0.2) is 0 Å². The highest BCUT2D eigenvalue weighted by Crippen LogP contribution is 2.39. The lowest BCUT2D eigenvalue weighted by atomic mass is 10.1. The van der Waals surface area contributed by atoms with Gasteiger partial charge in [-0.05, 0) is 115 Å². The quantitative estimate of drug-likeness (QED) is 0.157. The van der Waals surface area contributed by atoms with E-state index in [2.05, 4.69) is 78.6 Å². The number of benzene rings is 2. The first kappa shape index (κ1) is 30.1. The van der Waals surface area contributed by atoms with E-state index >= 15 is 0 Å². The number of carbonyl (C=O) groups is 1. The Morgan fingerprint density at radius 1 is 0.583 bits per heavy atom. The molecule has 0 spiro atoms. The van der Waals surface area contributed by atoms with E-state index in [4.69, 9.17) is 17.7 Å². The van der Waals surface area contributed by atoms with E-state index in [-0.39, 0.29) is 5.78 Å². The minimum Gasteiger partial charge on any atom is -0.544 e. The van der Waals surface area contributed by atoms with E-state index in [0.717, 1.165) is 17.1 Å². The van der Waals surface area contributed by atoms with Crippen molar-refractivity contribution in [2.24, 2.45) is 0 Å². The Bertz CT molecular complexity index is 1050. The van der Waals surface area contributed by atoms with Gasteiger partial charge < -0.3 is 17.7 Å². The van der Waals surface area contributed by atoms with Crippen LogP contribution in [0.5, 0.6) is 23.0 Å². The SMILES string of the molecule is C[Si](C)(C)Oc1ccc(C(=O)/C=C/c2c(O[Si](C)(C)C)cc(O[Si](C)(C)C)cc2O[Si](C)(C)C)cc1. The van der Waals surface area contributed by atoms with Crippen LogP contribution in [0.15, 0.2) is 42.5 Å². The Morgan fingerprint density at radius 2 is 0.972 bits per heavy atom. The number of hydrogen-bond acceptors (Lipinski definition) is 5. The van der Waals surface area contributed by atoms with Gasteiger partial charge in [0, 0.05) is 17.7 Å². The summed E-state index contributed by atoms with van der Waals surface area (Å²) in [7, 11) is -7.46. The van der Waals surface area contributed by atoms with Crippen molar-refractivity contribution in [3.05, 3.63) is 53.6 Å². The van der Waals surface area contributed by atoms with Crippen LogP contribution in [0, 0.1) is 0 Å². The maximum atomic E-state index is 13.1. The zero-order valence-corrected chi connectivity index (χ0v) is 28.2. The van der Waals surface area contributed by atoms with Crippen molar-refractivity contribution in [2.75, 3.05) is 0 Å². The summed E-state index contributed by atoms with van der Waals surface area (Å²) < 4.78 is 25.3. The van der Waals surface area contributed by atoms with Crippen LogP contribution in [0.25, 0.3) is 6.08 Å². The molecule has 9 heteroatoms. The Hall–Kier alpha value is -2.08. The molecule has 0 aromatic heterocycles. The van der Waals surface area contributed by atoms with Crippen LogP contribution in [-0.4, -0.2) is 39.1 Å². The molecule has 0 aliphatic carbocycles. The third-order valence-electron chi connectivity index (χ3n) is 4.30. The van der Waals surface area contributed by atoms with E-state index < -0.39 is 33.3 Å². The number of rotatable bonds is 11. The fourth-order valence-electron chi connectivity index (χ4n) is 3.28. The van der Waals surface area contributed by atoms with Crippen molar-refractivity contribution in [3.8, 4) is 23.0 Å². The first-order chi connectivity index (χ1) is 16.2. The zero-order valence-electron chi connectivity index (χ0n) is 24.2. The largest absolute Gasteiger partial charge is 0.544 e. The van der Waals surface area contributed by atoms with Crippen LogP contribution in [0.4, 0.5) is 0 Å². The third-order valence-corrected chi connectivity index (χ3v) is 7.66. The normalized spacial score (nSPS) is 13.0. The summed E-state index contributed by atoms with van der Waals surface area (Å²) in [6.07, 6.45) is 3.41. The summed E-state index contributed by atoms with van der Waals surface area (Å²) >= 11 is 0. The van der Waals surface area contributed by atoms with Crippen molar-refractivity contribution in [2.45, 2.75) is 78.6 Å². The molecule has 36 heavy (non-hydrogen) atoms. The van der Waals surface area contributed by atoms with Gasteiger partial charge in [0.1, 0.15) is 23.0 Å². The molecule has 0 aliphatic rings. The maximum Gasteiger partial charge on any atom is 0.242 e. The molecule has 0 saturated carbocycles. The summed E-state index contributed by atoms with van der Waals surface area (Å²) in [5.41, 5.74) is 1.38. The maximum absolute atomic E-state index is 13.1. The van der Waals surface area contributed by atoms with E-state index in [9.17, 15) is 4.79 Å². The number of allylic oxidation sites excluding steroid dienone is 1. The summed E-state index contributed by atoms with van der Waals surface area (Å²) in [5, 5.41) is 0. The van der Waals surface area contributed by atoms with Crippen molar-refractivity contribution < 1.29 is 22.5 Å². The van der Waals surface area contributed by atoms with Crippen LogP contribution in [0.1, 0.15) is 15.9 Å². The van der Waals surface area contributed by atoms with Crippen LogP contribution in [0.3, 0.4) is 0 Å². The summed E-state index contributed by atoms with van der Waals surface area (Å²) in [4.78, 5) is 13.1. The minimum atomic E-state index is -1.96. The molecule has 5 nitrogen and oxygen atoms in total. The number of carbonyl (C=O) groups excluding carboxylic acids is 1. The Morgan fingerprint density at radius 3 is 1.36 bits per heavy atom. The average Bonchev–Trinajstić information content (AvgIpc) is 2.62. The summed E-state index contributed by atoms with van der Waals surface area (Å²) in [5.74, 6) is 2.85. The highest BCUT2D eigenvalue weighted by molar-refractivity contribution is 6.71. The second-order valence-electron chi connectivity index (χ2n) is 12.9. The Balaban J connectivity index is 2.50. The van der Waals surface area contributed by atoms with Gasteiger partial charge in [-0.2, -0.15) is 0 Å². The van der Waals surface area contributed by atoms with Crippen molar-refractivity contribution in [1.29, 1.82) is 0 Å². The van der Waals surface area contributed by atoms with Gasteiger partial charge >= 0.3 is 0 Å². The van der Waals surface area contributed by atoms with Crippen LogP contribution >= 0.6 is 0 Å². The van der Waals surface area contributed by atoms with Gasteiger partial charge in [-0.15, -0.1) is 0 Å². The zero-order chi connectivity index (χ0) is 27.5. The molecule has 198 valence electrons. The van der Waals surface area contributed by atoms with Gasteiger partial charge in [0.2, 0.25) is 33.3 Å². The first-order valence-corrected chi connectivity index (χ1v) is 26.1. The van der Waals surface area contributed by atoms with Gasteiger partial charge in [-0.1, -0.05) is 0 Å². The molecule has 2 rings (SSSR count). The predicted octanol–water partition coefficient (Wildman–Crippen LogP) is 8.44. The molecule has 2 aromatic carbocycles. The molecule has 0 radical (unpaired) electrons. The van der Waals surface area contributed by atoms with E-state index in [1.165, 1.54) is 0 Å². The lowest BCUT2D eigenvalue weighted by molar-refractivity contribution is 0.104. The van der Waals surface area contributed by atoms with E-state index in [0.29, 0.717) is 17.1 Å². The molecule has 0 amide bonds. The van der Waals surface area contributed by atoms with Crippen LogP contribution in [-0.2, 0) is 0 Å². The molecule has 0 atom stereocenters. The summed E-state index contributed by atoms with van der Waals surface area (Å²) in [6, 6.07) is 11.2. The van der Waals surface area contributed by atoms with Crippen molar-refractivity contribution in [3.63, 3.8) is 0 Å². The first-order valence-electron chi connectivity index (χ1n) is 12.5. The monoisotopic (exact) mass is 560 g/mol. The minimum absolute atomic E-state index is 0.0881. The standard InChI is InChI=1S/C27H44O5Si4/c1-33(2,3)29-22-15-13-21(14-16-22)25(28)18-17-24-26(31-35(7,8)9)19-23(30-34(4,5)6)20-27(24)32-36(10,11)12/h13-20H,1-12H3/b18-17+. The van der Waals surface area contributed by atoms with Gasteiger partial charge in [0.25, 0.3) is 0 Å². The summed E-state index contributed by atoms with van der Waals surface area (Å²) in [6.45, 7) is 25.7. The van der Waals surface area contributed by atoms with Crippen molar-refractivity contribution >= 4 is 45.1 Å². The molecular formula is C27H44O5Si4. The fraction of sp³-hybridized carbons (Fsp3) is 0.444. The van der Waals surface area contributed by atoms with E-state index in [1.807, 2.05) is 42.5 Å². The van der Waals surface area contributed by atoms with Crippen LogP contribution < -0.4 is 17.7 Å². The number of hydrogen-bond donors (Lipinski definition) is 0. The lowest BCUT2D eigenvalue weighted by Gasteiger charge is -2.28. The highest BCUT2D eigenvalue weighted by Gasteiger charge is 2.26. The Labute approximate surface area is 222 Å². The molecular weight excluding hydrogens is 517 g/mol. The average molecular weight is 561 g/mol. The Kier molecular flexibility index (Phi) is 9.31. The van der Waals surface area contributed by atoms with Gasteiger partial charge in [0.05, 0.1) is 5.56 Å². The molecule has 0 N–H and O–H groups in total. The van der Waals surface area contributed by atoms with Gasteiger partial charge in [-0.3, -0.25) is 4.79 Å². The number of ketones is 1. The molecule has 0 aliphatic heterocycles. The molecule has 0 heterocycles. The fourth-order valence-corrected chi connectivity index (χ4v) is 6.60. The second kappa shape index (κ2) is 11.1. The molecule has 0 unspecified atom stereocenters. The third kappa shape index (κ3) is 10.9. The van der Waals surface area contributed by atoms with Gasteiger partial charge in [0.15, 0.2) is 5.78 Å².